The van der Waals surface area contributed by atoms with Gasteiger partial charge in [-0.25, -0.2) is 13.8 Å². The van der Waals surface area contributed by atoms with E-state index >= 15 is 0 Å². The predicted octanol–water partition coefficient (Wildman–Crippen LogP) is 1.36. The van der Waals surface area contributed by atoms with Crippen molar-refractivity contribution < 1.29 is 18.1 Å². The lowest BCUT2D eigenvalue weighted by atomic mass is 10.2. The molecule has 1 aromatic rings. The number of hydrogen-bond donors (Lipinski definition) is 1. The quantitative estimate of drug-likeness (QED) is 0.452. The van der Waals surface area contributed by atoms with Gasteiger partial charge in [-0.3, -0.25) is 4.79 Å². The second-order valence-electron chi connectivity index (χ2n) is 2.30. The van der Waals surface area contributed by atoms with E-state index in [1.165, 1.54) is 4.98 Å². The predicted molar refractivity (Wildman–Crippen MR) is 38.6 cm³/mol. The van der Waals surface area contributed by atoms with Crippen molar-refractivity contribution in [2.45, 2.75) is 6.43 Å². The first kappa shape index (κ1) is 10.2. The highest BCUT2D eigenvalue weighted by Gasteiger charge is 2.23. The lowest BCUT2D eigenvalue weighted by Gasteiger charge is -1.98. The Kier molecular flexibility index (Phi) is 2.54. The molecule has 0 spiro atoms. The van der Waals surface area contributed by atoms with Gasteiger partial charge in [0.05, 0.1) is 6.07 Å². The molecule has 0 saturated heterocycles. The maximum Gasteiger partial charge on any atom is 0.326 e. The fourth-order valence-corrected chi connectivity index (χ4v) is 0.828. The van der Waals surface area contributed by atoms with Crippen LogP contribution in [0.4, 0.5) is 19.0 Å². The average molecular weight is 208 g/mol. The molecule has 0 aliphatic heterocycles. The van der Waals surface area contributed by atoms with Crippen LogP contribution < -0.4 is 5.43 Å². The van der Waals surface area contributed by atoms with Crippen molar-refractivity contribution in [2.24, 2.45) is 0 Å². The number of rotatable bonds is 2. The normalized spacial score (nSPS) is 10.6. The molecule has 5 nitrogen and oxygen atoms in total. The number of aromatic amines is 1. The summed E-state index contributed by atoms with van der Waals surface area (Å²) in [6, 6.07) is 0.310. The molecule has 0 atom stereocenters. The van der Waals surface area contributed by atoms with Crippen molar-refractivity contribution in [2.75, 3.05) is 0 Å². The van der Waals surface area contributed by atoms with E-state index in [1.807, 2.05) is 0 Å². The van der Waals surface area contributed by atoms with Gasteiger partial charge in [-0.2, -0.15) is 4.39 Å². The minimum Gasteiger partial charge on any atom is -0.358 e. The number of halogens is 3. The van der Waals surface area contributed by atoms with Gasteiger partial charge in [0.1, 0.15) is 5.56 Å². The second kappa shape index (κ2) is 3.48. The van der Waals surface area contributed by atoms with Gasteiger partial charge in [0.25, 0.3) is 12.4 Å². The van der Waals surface area contributed by atoms with Crippen molar-refractivity contribution in [3.8, 4) is 0 Å². The minimum absolute atomic E-state index is 0.310. The largest absolute Gasteiger partial charge is 0.358 e. The monoisotopic (exact) mass is 208 g/mol. The van der Waals surface area contributed by atoms with Crippen LogP contribution in [0.2, 0.25) is 0 Å². The molecular weight excluding hydrogens is 205 g/mol. The van der Waals surface area contributed by atoms with Crippen LogP contribution in [0.25, 0.3) is 0 Å². The first-order valence-corrected chi connectivity index (χ1v) is 3.28. The number of aromatic nitrogens is 1. The van der Waals surface area contributed by atoms with Crippen LogP contribution in [0.1, 0.15) is 12.0 Å². The molecule has 1 N–H and O–H groups in total. The zero-order valence-corrected chi connectivity index (χ0v) is 6.46. The van der Waals surface area contributed by atoms with Crippen LogP contribution in [0, 0.1) is 16.1 Å². The summed E-state index contributed by atoms with van der Waals surface area (Å²) < 4.78 is 36.7. The molecule has 0 aliphatic carbocycles. The lowest BCUT2D eigenvalue weighted by molar-refractivity contribution is -0.390. The Hall–Kier alpha value is -1.86. The summed E-state index contributed by atoms with van der Waals surface area (Å²) in [5, 5.41) is 10.1. The fourth-order valence-electron chi connectivity index (χ4n) is 0.828. The highest BCUT2D eigenvalue weighted by Crippen LogP contribution is 2.18. The Bertz CT molecular complexity index is 429. The van der Waals surface area contributed by atoms with E-state index < -0.39 is 34.1 Å². The number of H-pyrrole nitrogens is 1. The number of nitro groups is 1. The standard InChI is InChI=1S/C6H3F3N2O3/c7-5(8)4-2(12)1-3(11(13)14)10-6(4)9/h1,5H,(H,10,12). The summed E-state index contributed by atoms with van der Waals surface area (Å²) in [4.78, 5) is 21.2. The van der Waals surface area contributed by atoms with E-state index in [9.17, 15) is 28.1 Å². The van der Waals surface area contributed by atoms with Gasteiger partial charge < -0.3 is 10.1 Å². The van der Waals surface area contributed by atoms with Gasteiger partial charge in [0, 0.05) is 0 Å². The third kappa shape index (κ3) is 1.73. The van der Waals surface area contributed by atoms with Crippen LogP contribution in [-0.2, 0) is 0 Å². The lowest BCUT2D eigenvalue weighted by Crippen LogP contribution is -2.14. The van der Waals surface area contributed by atoms with Crippen molar-refractivity contribution >= 4 is 5.82 Å². The zero-order valence-electron chi connectivity index (χ0n) is 6.46. The summed E-state index contributed by atoms with van der Waals surface area (Å²) in [6.45, 7) is 0. The number of nitrogens with one attached hydrogen (secondary N) is 1. The van der Waals surface area contributed by atoms with Crippen molar-refractivity contribution in [1.82, 2.24) is 4.98 Å². The molecule has 0 unspecified atom stereocenters. The van der Waals surface area contributed by atoms with Crippen molar-refractivity contribution in [3.05, 3.63) is 37.9 Å². The van der Waals surface area contributed by atoms with Gasteiger partial charge in [0.2, 0.25) is 5.43 Å². The van der Waals surface area contributed by atoms with Gasteiger partial charge >= 0.3 is 5.82 Å². The summed E-state index contributed by atoms with van der Waals surface area (Å²) in [6.07, 6.45) is -3.31. The third-order valence-corrected chi connectivity index (χ3v) is 1.42. The molecular formula is C6H3F3N2O3. The number of alkyl halides is 2. The molecule has 1 rings (SSSR count). The Balaban J connectivity index is 3.40. The smallest absolute Gasteiger partial charge is 0.326 e. The van der Waals surface area contributed by atoms with Gasteiger partial charge in [-0.15, -0.1) is 0 Å². The Morgan fingerprint density at radius 3 is 2.43 bits per heavy atom. The minimum atomic E-state index is -3.31. The van der Waals surface area contributed by atoms with E-state index in [-0.39, 0.29) is 0 Å². The molecule has 1 aromatic heterocycles. The number of hydrogen-bond acceptors (Lipinski definition) is 3. The van der Waals surface area contributed by atoms with Gasteiger partial charge in [0.15, 0.2) is 0 Å². The Labute approximate surface area is 74.3 Å². The molecule has 8 heteroatoms. The Morgan fingerprint density at radius 1 is 1.50 bits per heavy atom. The molecule has 14 heavy (non-hydrogen) atoms. The molecule has 0 saturated carbocycles. The third-order valence-electron chi connectivity index (χ3n) is 1.42. The maximum atomic E-state index is 12.7. The van der Waals surface area contributed by atoms with E-state index in [1.54, 1.807) is 0 Å². The number of nitrogens with zero attached hydrogens (tertiary/aromatic N) is 1. The molecule has 0 fully saturated rings. The first-order chi connectivity index (χ1) is 6.43. The van der Waals surface area contributed by atoms with Crippen LogP contribution in [-0.4, -0.2) is 9.91 Å². The highest BCUT2D eigenvalue weighted by atomic mass is 19.3. The van der Waals surface area contributed by atoms with E-state index in [2.05, 4.69) is 0 Å². The van der Waals surface area contributed by atoms with Crippen LogP contribution in [0.3, 0.4) is 0 Å². The van der Waals surface area contributed by atoms with Gasteiger partial charge in [-0.05, 0) is 4.92 Å². The highest BCUT2D eigenvalue weighted by molar-refractivity contribution is 5.24. The molecule has 0 aromatic carbocycles. The van der Waals surface area contributed by atoms with E-state index in [0.29, 0.717) is 6.07 Å². The summed E-state index contributed by atoms with van der Waals surface area (Å²) in [5.41, 5.74) is -2.79. The zero-order chi connectivity index (χ0) is 10.9. The van der Waals surface area contributed by atoms with E-state index in [4.69, 9.17) is 0 Å². The molecule has 1 heterocycles. The van der Waals surface area contributed by atoms with Crippen LogP contribution >= 0.6 is 0 Å². The second-order valence-corrected chi connectivity index (χ2v) is 2.30. The van der Waals surface area contributed by atoms with Crippen molar-refractivity contribution in [1.29, 1.82) is 0 Å². The molecule has 0 amide bonds. The van der Waals surface area contributed by atoms with Crippen LogP contribution in [0.15, 0.2) is 10.9 Å². The SMILES string of the molecule is O=c1cc([N+](=O)[O-])[nH]c(F)c1C(F)F. The summed E-state index contributed by atoms with van der Waals surface area (Å²) >= 11 is 0. The van der Waals surface area contributed by atoms with Crippen molar-refractivity contribution in [3.63, 3.8) is 0 Å². The maximum absolute atomic E-state index is 12.7. The van der Waals surface area contributed by atoms with Crippen LogP contribution in [0.5, 0.6) is 0 Å². The first-order valence-electron chi connectivity index (χ1n) is 3.28. The average Bonchev–Trinajstić information content (AvgIpc) is 2.01. The van der Waals surface area contributed by atoms with Gasteiger partial charge in [-0.1, -0.05) is 0 Å². The summed E-state index contributed by atoms with van der Waals surface area (Å²) in [5.74, 6) is -2.64. The Morgan fingerprint density at radius 2 is 2.07 bits per heavy atom. The van der Waals surface area contributed by atoms with E-state index in [0.717, 1.165) is 0 Å². The molecule has 76 valence electrons. The molecule has 0 radical (unpaired) electrons. The topological polar surface area (TPSA) is 76.0 Å². The summed E-state index contributed by atoms with van der Waals surface area (Å²) in [7, 11) is 0. The molecule has 0 bridgehead atoms. The number of pyridine rings is 1. The molecule has 0 aliphatic rings. The fraction of sp³-hybridized carbons (Fsp3) is 0.167.